The van der Waals surface area contributed by atoms with Crippen molar-refractivity contribution in [1.82, 2.24) is 0 Å². The van der Waals surface area contributed by atoms with Crippen molar-refractivity contribution in [3.05, 3.63) is 59.7 Å². The topological polar surface area (TPSA) is 114 Å². The van der Waals surface area contributed by atoms with Crippen LogP contribution in [-0.4, -0.2) is 37.4 Å². The number of carbonyl (C=O) groups excluding carboxylic acids is 2. The highest BCUT2D eigenvalue weighted by Crippen LogP contribution is 2.42. The SMILES string of the molecule is Nc1cc(N)cc(C(=O)OCCCCCCOC(=O)/C=C/c2ccc(OC(F)(F)C3CCC(CCC(F)(F)F)CC3)cc2)c1. The number of nitrogens with two attached hydrogens (primary N) is 2. The molecule has 1 aliphatic rings. The summed E-state index contributed by atoms with van der Waals surface area (Å²) in [7, 11) is 0. The Balaban J connectivity index is 1.28. The molecule has 12 heteroatoms. The second-order valence-corrected chi connectivity index (χ2v) is 11.0. The Kier molecular flexibility index (Phi) is 12.8. The van der Waals surface area contributed by atoms with Crippen LogP contribution in [0.25, 0.3) is 6.08 Å². The first-order chi connectivity index (χ1) is 20.8. The average Bonchev–Trinajstić information content (AvgIpc) is 2.96. The summed E-state index contributed by atoms with van der Waals surface area (Å²) >= 11 is 0. The maximum Gasteiger partial charge on any atom is 0.400 e. The zero-order chi connectivity index (χ0) is 32.2. The Hall–Kier alpha value is -3.83. The first-order valence-electron chi connectivity index (χ1n) is 14.7. The number of alkyl halides is 5. The van der Waals surface area contributed by atoms with E-state index in [4.69, 9.17) is 25.7 Å². The molecule has 2 aromatic carbocycles. The van der Waals surface area contributed by atoms with Gasteiger partial charge in [-0.15, -0.1) is 0 Å². The smallest absolute Gasteiger partial charge is 0.400 e. The van der Waals surface area contributed by atoms with Crippen LogP contribution in [0.3, 0.4) is 0 Å². The first kappa shape index (κ1) is 34.7. The van der Waals surface area contributed by atoms with E-state index in [1.165, 1.54) is 48.6 Å². The van der Waals surface area contributed by atoms with Gasteiger partial charge in [0.25, 0.3) is 0 Å². The summed E-state index contributed by atoms with van der Waals surface area (Å²) in [5.74, 6) is -2.34. The fraction of sp³-hybridized carbons (Fsp3) is 0.500. The molecule has 1 fully saturated rings. The van der Waals surface area contributed by atoms with Gasteiger partial charge in [0.2, 0.25) is 0 Å². The van der Waals surface area contributed by atoms with E-state index < -0.39 is 36.6 Å². The minimum atomic E-state index is -4.23. The summed E-state index contributed by atoms with van der Waals surface area (Å²) in [5, 5.41) is 0. The predicted molar refractivity (Wildman–Crippen MR) is 157 cm³/mol. The average molecular weight is 627 g/mol. The van der Waals surface area contributed by atoms with E-state index in [1.54, 1.807) is 6.07 Å². The highest BCUT2D eigenvalue weighted by molar-refractivity contribution is 5.91. The van der Waals surface area contributed by atoms with Gasteiger partial charge in [-0.25, -0.2) is 9.59 Å². The van der Waals surface area contributed by atoms with Gasteiger partial charge in [-0.1, -0.05) is 12.1 Å². The largest absolute Gasteiger partial charge is 0.463 e. The fourth-order valence-corrected chi connectivity index (χ4v) is 5.03. The lowest BCUT2D eigenvalue weighted by molar-refractivity contribution is -0.224. The van der Waals surface area contributed by atoms with Crippen LogP contribution in [0.2, 0.25) is 0 Å². The number of halogens is 5. The lowest BCUT2D eigenvalue weighted by Gasteiger charge is -2.33. The molecule has 0 aliphatic heterocycles. The summed E-state index contributed by atoms with van der Waals surface area (Å²) in [6.45, 7) is 0.463. The Morgan fingerprint density at radius 2 is 1.41 bits per heavy atom. The zero-order valence-electron chi connectivity index (χ0n) is 24.4. The Bertz CT molecular complexity index is 1220. The van der Waals surface area contributed by atoms with E-state index >= 15 is 0 Å². The summed E-state index contributed by atoms with van der Waals surface area (Å²) < 4.78 is 82.0. The molecule has 1 aliphatic carbocycles. The van der Waals surface area contributed by atoms with Gasteiger partial charge in [0.15, 0.2) is 0 Å². The Morgan fingerprint density at radius 3 is 2.00 bits per heavy atom. The standard InChI is InChI=1S/C32H39F5N2O5/c33-31(34,35)16-15-23-5-10-25(11-6-23)32(36,37)44-28-12-7-22(8-13-28)9-14-29(40)42-17-3-1-2-4-18-43-30(41)24-19-26(38)21-27(39)20-24/h7-9,12-14,19-21,23,25H,1-6,10-11,15-18,38-39H2/b14-9+. The van der Waals surface area contributed by atoms with Crippen LogP contribution >= 0.6 is 0 Å². The number of esters is 2. The molecular weight excluding hydrogens is 587 g/mol. The molecule has 0 bridgehead atoms. The van der Waals surface area contributed by atoms with Crippen LogP contribution in [0.15, 0.2) is 48.5 Å². The molecule has 0 spiro atoms. The molecule has 4 N–H and O–H groups in total. The van der Waals surface area contributed by atoms with Crippen molar-refractivity contribution in [2.24, 2.45) is 11.8 Å². The van der Waals surface area contributed by atoms with Gasteiger partial charge >= 0.3 is 24.2 Å². The third-order valence-corrected chi connectivity index (χ3v) is 7.43. The molecule has 0 amide bonds. The quantitative estimate of drug-likeness (QED) is 0.0678. The molecule has 0 heterocycles. The highest BCUT2D eigenvalue weighted by atomic mass is 19.4. The number of rotatable bonds is 15. The van der Waals surface area contributed by atoms with Crippen molar-refractivity contribution in [2.45, 2.75) is 76.5 Å². The Labute approximate surface area is 253 Å². The van der Waals surface area contributed by atoms with Crippen LogP contribution in [0.5, 0.6) is 5.75 Å². The van der Waals surface area contributed by atoms with Gasteiger partial charge in [0, 0.05) is 23.9 Å². The third kappa shape index (κ3) is 12.4. The van der Waals surface area contributed by atoms with Crippen molar-refractivity contribution >= 4 is 29.4 Å². The molecule has 0 unspecified atom stereocenters. The minimum absolute atomic E-state index is 0.0327. The van der Waals surface area contributed by atoms with E-state index in [0.29, 0.717) is 48.2 Å². The van der Waals surface area contributed by atoms with Gasteiger partial charge in [0.05, 0.1) is 24.7 Å². The summed E-state index contributed by atoms with van der Waals surface area (Å²) in [6, 6.07) is 10.3. The number of unbranched alkanes of at least 4 members (excludes halogenated alkanes) is 3. The molecule has 7 nitrogen and oxygen atoms in total. The number of nitrogen functional groups attached to an aromatic ring is 2. The van der Waals surface area contributed by atoms with Gasteiger partial charge < -0.3 is 25.7 Å². The van der Waals surface area contributed by atoms with Crippen LogP contribution < -0.4 is 16.2 Å². The number of carbonyl (C=O) groups is 2. The molecule has 0 atom stereocenters. The first-order valence-corrected chi connectivity index (χ1v) is 14.7. The lowest BCUT2D eigenvalue weighted by atomic mass is 9.79. The molecule has 44 heavy (non-hydrogen) atoms. The number of benzene rings is 2. The second kappa shape index (κ2) is 16.3. The van der Waals surface area contributed by atoms with E-state index in [-0.39, 0.29) is 44.1 Å². The lowest BCUT2D eigenvalue weighted by Crippen LogP contribution is -2.37. The molecule has 1 saturated carbocycles. The summed E-state index contributed by atoms with van der Waals surface area (Å²) in [4.78, 5) is 24.0. The highest BCUT2D eigenvalue weighted by Gasteiger charge is 2.44. The maximum absolute atomic E-state index is 14.7. The number of ether oxygens (including phenoxy) is 3. The number of hydrogen-bond acceptors (Lipinski definition) is 7. The van der Waals surface area contributed by atoms with Crippen LogP contribution in [0.4, 0.5) is 33.3 Å². The molecule has 3 rings (SSSR count). The van der Waals surface area contributed by atoms with Gasteiger partial charge in [-0.3, -0.25) is 0 Å². The van der Waals surface area contributed by atoms with E-state index in [0.717, 1.165) is 12.8 Å². The summed E-state index contributed by atoms with van der Waals surface area (Å²) in [5.41, 5.74) is 13.0. The van der Waals surface area contributed by atoms with Crippen molar-refractivity contribution in [3.8, 4) is 5.75 Å². The Morgan fingerprint density at radius 1 is 0.818 bits per heavy atom. The maximum atomic E-state index is 14.7. The number of anilines is 2. The molecule has 0 aromatic heterocycles. The number of hydrogen-bond donors (Lipinski definition) is 2. The molecule has 0 radical (unpaired) electrons. The molecular formula is C32H39F5N2O5. The summed E-state index contributed by atoms with van der Waals surface area (Å²) in [6.07, 6.45) is -2.18. The second-order valence-electron chi connectivity index (χ2n) is 11.0. The third-order valence-electron chi connectivity index (χ3n) is 7.43. The van der Waals surface area contributed by atoms with Crippen LogP contribution in [0.1, 0.15) is 80.1 Å². The van der Waals surface area contributed by atoms with Crippen molar-refractivity contribution in [1.29, 1.82) is 0 Å². The van der Waals surface area contributed by atoms with Crippen molar-refractivity contribution in [3.63, 3.8) is 0 Å². The normalized spacial score (nSPS) is 17.4. The van der Waals surface area contributed by atoms with Crippen molar-refractivity contribution in [2.75, 3.05) is 24.7 Å². The zero-order valence-corrected chi connectivity index (χ0v) is 24.4. The van der Waals surface area contributed by atoms with Gasteiger partial charge in [-0.2, -0.15) is 22.0 Å². The molecule has 242 valence electrons. The van der Waals surface area contributed by atoms with Crippen LogP contribution in [-0.2, 0) is 14.3 Å². The predicted octanol–water partition coefficient (Wildman–Crippen LogP) is 7.95. The van der Waals surface area contributed by atoms with E-state index in [2.05, 4.69) is 0 Å². The van der Waals surface area contributed by atoms with E-state index in [1.807, 2.05) is 0 Å². The molecule has 0 saturated heterocycles. The van der Waals surface area contributed by atoms with E-state index in [9.17, 15) is 31.5 Å². The van der Waals surface area contributed by atoms with Crippen molar-refractivity contribution < 1.29 is 45.8 Å². The van der Waals surface area contributed by atoms with Gasteiger partial charge in [0.1, 0.15) is 5.75 Å². The monoisotopic (exact) mass is 626 g/mol. The van der Waals surface area contributed by atoms with Gasteiger partial charge in [-0.05, 0) is 106 Å². The minimum Gasteiger partial charge on any atom is -0.463 e. The van der Waals surface area contributed by atoms with Crippen LogP contribution in [0, 0.1) is 11.8 Å². The fourth-order valence-electron chi connectivity index (χ4n) is 5.03. The molecule has 2 aromatic rings.